The van der Waals surface area contributed by atoms with Gasteiger partial charge in [0.1, 0.15) is 0 Å². The van der Waals surface area contributed by atoms with Gasteiger partial charge in [-0.1, -0.05) is 6.07 Å². The van der Waals surface area contributed by atoms with Crippen molar-refractivity contribution < 1.29 is 18.0 Å². The Morgan fingerprint density at radius 2 is 2.00 bits per heavy atom. The lowest BCUT2D eigenvalue weighted by Crippen LogP contribution is -2.32. The molecule has 2 rings (SSSR count). The number of aryl methyl sites for hydroxylation is 1. The second-order valence-corrected chi connectivity index (χ2v) is 5.23. The molecule has 0 aromatic heterocycles. The van der Waals surface area contributed by atoms with Crippen molar-refractivity contribution in [3.8, 4) is 0 Å². The molecule has 104 valence electrons. The minimum atomic E-state index is -4.35. The Morgan fingerprint density at radius 1 is 1.32 bits per heavy atom. The quantitative estimate of drug-likeness (QED) is 0.824. The third-order valence-electron chi connectivity index (χ3n) is 3.42. The first kappa shape index (κ1) is 14.1. The second-order valence-electron chi connectivity index (χ2n) is 5.23. The topological polar surface area (TPSA) is 20.3 Å². The van der Waals surface area contributed by atoms with Gasteiger partial charge in [-0.15, -0.1) is 0 Å². The van der Waals surface area contributed by atoms with E-state index in [0.717, 1.165) is 12.1 Å². The number of Topliss-reactive ketones (excluding diaryl/α,β-unsaturated/α-hetero) is 1. The highest BCUT2D eigenvalue weighted by Gasteiger charge is 2.33. The highest BCUT2D eigenvalue weighted by molar-refractivity contribution is 6.00. The third-order valence-corrected chi connectivity index (χ3v) is 3.42. The normalized spacial score (nSPS) is 19.7. The molecule has 0 radical (unpaired) electrons. The standard InChI is InChI=1S/C14H16F3NO/c1-18(2)8-10-4-3-9-7-11(14(15,16)17)5-6-12(9)13(10)19/h5-7,10H,3-4,8H2,1-2H3. The average molecular weight is 271 g/mol. The number of carbonyl (C=O) groups excluding carboxylic acids is 1. The van der Waals surface area contributed by atoms with E-state index in [-0.39, 0.29) is 11.7 Å². The summed E-state index contributed by atoms with van der Waals surface area (Å²) in [6, 6.07) is 3.43. The fourth-order valence-corrected chi connectivity index (χ4v) is 2.51. The van der Waals surface area contributed by atoms with E-state index in [0.29, 0.717) is 30.5 Å². The SMILES string of the molecule is CN(C)CC1CCc2cc(C(F)(F)F)ccc2C1=O. The van der Waals surface area contributed by atoms with E-state index in [4.69, 9.17) is 0 Å². The Bertz CT molecular complexity index is 494. The molecule has 1 atom stereocenters. The number of rotatable bonds is 2. The zero-order chi connectivity index (χ0) is 14.2. The number of hydrogen-bond donors (Lipinski definition) is 0. The molecule has 1 aliphatic rings. The number of halogens is 3. The summed E-state index contributed by atoms with van der Waals surface area (Å²) < 4.78 is 37.8. The van der Waals surface area contributed by atoms with Gasteiger partial charge < -0.3 is 4.90 Å². The monoisotopic (exact) mass is 271 g/mol. The van der Waals surface area contributed by atoms with Crippen LogP contribution in [0.3, 0.4) is 0 Å². The van der Waals surface area contributed by atoms with Crippen molar-refractivity contribution >= 4 is 5.78 Å². The lowest BCUT2D eigenvalue weighted by atomic mass is 9.82. The summed E-state index contributed by atoms with van der Waals surface area (Å²) in [5, 5.41) is 0. The summed E-state index contributed by atoms with van der Waals surface area (Å²) in [7, 11) is 3.77. The summed E-state index contributed by atoms with van der Waals surface area (Å²) in [6.07, 6.45) is -3.20. The van der Waals surface area contributed by atoms with E-state index >= 15 is 0 Å². The zero-order valence-corrected chi connectivity index (χ0v) is 10.9. The van der Waals surface area contributed by atoms with Crippen LogP contribution in [0, 0.1) is 5.92 Å². The van der Waals surface area contributed by atoms with Gasteiger partial charge in [-0.3, -0.25) is 4.79 Å². The number of hydrogen-bond acceptors (Lipinski definition) is 2. The van der Waals surface area contributed by atoms with Crippen molar-refractivity contribution in [3.63, 3.8) is 0 Å². The maximum absolute atomic E-state index is 12.6. The van der Waals surface area contributed by atoms with Crippen LogP contribution in [0.5, 0.6) is 0 Å². The molecule has 0 heterocycles. The van der Waals surface area contributed by atoms with Gasteiger partial charge in [-0.05, 0) is 44.6 Å². The first-order valence-electron chi connectivity index (χ1n) is 6.18. The molecule has 0 N–H and O–H groups in total. The van der Waals surface area contributed by atoms with Crippen LogP contribution in [-0.4, -0.2) is 31.3 Å². The van der Waals surface area contributed by atoms with Crippen molar-refractivity contribution in [2.24, 2.45) is 5.92 Å². The molecule has 5 heteroatoms. The largest absolute Gasteiger partial charge is 0.416 e. The van der Waals surface area contributed by atoms with E-state index in [2.05, 4.69) is 0 Å². The van der Waals surface area contributed by atoms with Crippen LogP contribution < -0.4 is 0 Å². The molecule has 1 aliphatic carbocycles. The lowest BCUT2D eigenvalue weighted by Gasteiger charge is -2.26. The molecule has 1 aromatic rings. The van der Waals surface area contributed by atoms with Gasteiger partial charge in [0.2, 0.25) is 0 Å². The van der Waals surface area contributed by atoms with Gasteiger partial charge in [-0.25, -0.2) is 0 Å². The molecule has 0 saturated heterocycles. The molecule has 0 bridgehead atoms. The maximum atomic E-state index is 12.6. The Hall–Kier alpha value is -1.36. The van der Waals surface area contributed by atoms with Crippen LogP contribution in [0.1, 0.15) is 27.9 Å². The molecule has 19 heavy (non-hydrogen) atoms. The summed E-state index contributed by atoms with van der Waals surface area (Å²) >= 11 is 0. The van der Waals surface area contributed by atoms with Gasteiger partial charge in [0.05, 0.1) is 5.56 Å². The molecular weight excluding hydrogens is 255 g/mol. The van der Waals surface area contributed by atoms with Crippen molar-refractivity contribution in [2.45, 2.75) is 19.0 Å². The highest BCUT2D eigenvalue weighted by Crippen LogP contribution is 2.33. The van der Waals surface area contributed by atoms with Crippen LogP contribution in [0.25, 0.3) is 0 Å². The van der Waals surface area contributed by atoms with Crippen LogP contribution in [0.4, 0.5) is 13.2 Å². The Kier molecular flexibility index (Phi) is 3.67. The van der Waals surface area contributed by atoms with E-state index < -0.39 is 11.7 Å². The molecule has 0 aliphatic heterocycles. The summed E-state index contributed by atoms with van der Waals surface area (Å²) in [5.74, 6) is -0.150. The summed E-state index contributed by atoms with van der Waals surface area (Å²) in [6.45, 7) is 0.638. The fraction of sp³-hybridized carbons (Fsp3) is 0.500. The van der Waals surface area contributed by atoms with Gasteiger partial charge >= 0.3 is 6.18 Å². The molecule has 0 fully saturated rings. The molecule has 0 amide bonds. The number of alkyl halides is 3. The smallest absolute Gasteiger partial charge is 0.309 e. The molecule has 1 unspecified atom stereocenters. The van der Waals surface area contributed by atoms with Gasteiger partial charge in [0, 0.05) is 18.0 Å². The lowest BCUT2D eigenvalue weighted by molar-refractivity contribution is -0.137. The van der Waals surface area contributed by atoms with Crippen LogP contribution in [0.2, 0.25) is 0 Å². The number of nitrogens with zero attached hydrogens (tertiary/aromatic N) is 1. The van der Waals surface area contributed by atoms with Crippen molar-refractivity contribution in [2.75, 3.05) is 20.6 Å². The van der Waals surface area contributed by atoms with Crippen LogP contribution in [-0.2, 0) is 12.6 Å². The van der Waals surface area contributed by atoms with Crippen molar-refractivity contribution in [1.29, 1.82) is 0 Å². The summed E-state index contributed by atoms with van der Waals surface area (Å²) in [4.78, 5) is 14.1. The number of fused-ring (bicyclic) bond motifs is 1. The molecule has 0 spiro atoms. The fourth-order valence-electron chi connectivity index (χ4n) is 2.51. The first-order valence-corrected chi connectivity index (χ1v) is 6.18. The number of ketones is 1. The van der Waals surface area contributed by atoms with E-state index in [1.165, 1.54) is 6.07 Å². The molecule has 2 nitrogen and oxygen atoms in total. The third kappa shape index (κ3) is 2.97. The number of carbonyl (C=O) groups is 1. The van der Waals surface area contributed by atoms with Crippen LogP contribution in [0.15, 0.2) is 18.2 Å². The van der Waals surface area contributed by atoms with Gasteiger partial charge in [0.25, 0.3) is 0 Å². The molecular formula is C14H16F3NO. The van der Waals surface area contributed by atoms with Crippen LogP contribution >= 0.6 is 0 Å². The average Bonchev–Trinajstić information content (AvgIpc) is 2.31. The Morgan fingerprint density at radius 3 is 2.58 bits per heavy atom. The van der Waals surface area contributed by atoms with E-state index in [1.807, 2.05) is 19.0 Å². The van der Waals surface area contributed by atoms with E-state index in [1.54, 1.807) is 0 Å². The minimum absolute atomic E-state index is 0.0383. The highest BCUT2D eigenvalue weighted by atomic mass is 19.4. The Labute approximate surface area is 110 Å². The van der Waals surface area contributed by atoms with Crippen molar-refractivity contribution in [3.05, 3.63) is 34.9 Å². The summed E-state index contributed by atoms with van der Waals surface area (Å²) in [5.41, 5.74) is 0.297. The molecule has 1 aromatic carbocycles. The van der Waals surface area contributed by atoms with E-state index in [9.17, 15) is 18.0 Å². The minimum Gasteiger partial charge on any atom is -0.309 e. The predicted molar refractivity (Wildman–Crippen MR) is 66.1 cm³/mol. The second kappa shape index (κ2) is 4.96. The predicted octanol–water partition coefficient (Wildman–Crippen LogP) is 3.01. The first-order chi connectivity index (χ1) is 8.79. The Balaban J connectivity index is 2.29. The van der Waals surface area contributed by atoms with Gasteiger partial charge in [-0.2, -0.15) is 13.2 Å². The van der Waals surface area contributed by atoms with Crippen molar-refractivity contribution in [1.82, 2.24) is 4.90 Å². The maximum Gasteiger partial charge on any atom is 0.416 e. The van der Waals surface area contributed by atoms with Gasteiger partial charge in [0.15, 0.2) is 5.78 Å². The zero-order valence-electron chi connectivity index (χ0n) is 10.9. The molecule has 0 saturated carbocycles. The number of benzene rings is 1.